The smallest absolute Gasteiger partial charge is 0.242 e. The van der Waals surface area contributed by atoms with Gasteiger partial charge in [0.05, 0.1) is 33.6 Å². The largest absolute Gasteiger partial charge is 0.274 e. The van der Waals surface area contributed by atoms with Gasteiger partial charge in [0.2, 0.25) is 15.9 Å². The van der Waals surface area contributed by atoms with Crippen LogP contribution in [-0.4, -0.2) is 66.4 Å². The summed E-state index contributed by atoms with van der Waals surface area (Å²) in [5.41, 5.74) is 4.32. The number of aromatic nitrogens is 6. The van der Waals surface area contributed by atoms with E-state index in [1.165, 1.54) is 11.2 Å². The number of sulfonamides is 1. The minimum atomic E-state index is -3.56. The Bertz CT molecular complexity index is 1880. The molecular formula is C30H32N8O4S2. The fraction of sp³-hybridized carbons (Fsp3) is 0.233. The second kappa shape index (κ2) is 13.4. The summed E-state index contributed by atoms with van der Waals surface area (Å²) in [5, 5.41) is 17.1. The van der Waals surface area contributed by atoms with E-state index in [2.05, 4.69) is 32.3 Å². The van der Waals surface area contributed by atoms with Gasteiger partial charge in [0.15, 0.2) is 11.0 Å². The first kappa shape index (κ1) is 30.9. The summed E-state index contributed by atoms with van der Waals surface area (Å²) < 4.78 is 44.9. The second-order valence-corrected chi connectivity index (χ2v) is 13.4. The van der Waals surface area contributed by atoms with Crippen molar-refractivity contribution in [3.63, 3.8) is 0 Å². The van der Waals surface area contributed by atoms with Gasteiger partial charge in [-0.1, -0.05) is 48.4 Å². The fourth-order valence-corrected chi connectivity index (χ4v) is 6.42. The molecule has 0 aliphatic heterocycles. The number of amides is 1. The molecule has 0 fully saturated rings. The molecule has 228 valence electrons. The lowest BCUT2D eigenvalue weighted by molar-refractivity contribution is -0.117. The Morgan fingerprint density at radius 3 is 1.93 bits per heavy atom. The van der Waals surface area contributed by atoms with Gasteiger partial charge < -0.3 is 0 Å². The number of nitrogens with zero attached hydrogens (tertiary/aromatic N) is 7. The van der Waals surface area contributed by atoms with E-state index in [0.29, 0.717) is 34.2 Å². The first-order valence-electron chi connectivity index (χ1n) is 14.0. The van der Waals surface area contributed by atoms with Gasteiger partial charge in [-0.3, -0.25) is 9.52 Å². The number of benzene rings is 3. The highest BCUT2D eigenvalue weighted by Gasteiger charge is 2.20. The molecule has 1 atom stereocenters. The third kappa shape index (κ3) is 6.98. The molecule has 0 saturated heterocycles. The van der Waals surface area contributed by atoms with Crippen LogP contribution in [0.25, 0.3) is 33.9 Å². The van der Waals surface area contributed by atoms with Crippen molar-refractivity contribution in [2.24, 2.45) is 0 Å². The second-order valence-electron chi connectivity index (χ2n) is 10.1. The highest BCUT2D eigenvalue weighted by atomic mass is 32.2. The van der Waals surface area contributed by atoms with Gasteiger partial charge in [0, 0.05) is 31.6 Å². The Kier molecular flexibility index (Phi) is 9.42. The van der Waals surface area contributed by atoms with Gasteiger partial charge in [0.25, 0.3) is 0 Å². The van der Waals surface area contributed by atoms with Crippen molar-refractivity contribution in [1.82, 2.24) is 39.0 Å². The molecule has 12 nitrogen and oxygen atoms in total. The van der Waals surface area contributed by atoms with Crippen LogP contribution in [0, 0.1) is 0 Å². The topological polar surface area (TPSA) is 145 Å². The van der Waals surface area contributed by atoms with Gasteiger partial charge in [-0.25, -0.2) is 26.3 Å². The molecule has 5 rings (SSSR count). The summed E-state index contributed by atoms with van der Waals surface area (Å²) in [4.78, 5) is 11.9. The minimum absolute atomic E-state index is 0.234. The van der Waals surface area contributed by atoms with Gasteiger partial charge in [-0.2, -0.15) is 0 Å². The SMILES string of the molecule is CCCCCN(C)S(=O)(=O)c1ccc(-n2cc(-c3cccc(-c4cn(-c5ccc(S(=O)NC(C)=O)cc5)nn4)c3)nn2)cc1. The van der Waals surface area contributed by atoms with Crippen molar-refractivity contribution >= 4 is 26.9 Å². The van der Waals surface area contributed by atoms with Crippen LogP contribution in [0.4, 0.5) is 0 Å². The van der Waals surface area contributed by atoms with Crippen molar-refractivity contribution in [1.29, 1.82) is 0 Å². The molecule has 14 heteroatoms. The molecule has 0 bridgehead atoms. The van der Waals surface area contributed by atoms with Gasteiger partial charge >= 0.3 is 0 Å². The molecule has 1 amide bonds. The maximum Gasteiger partial charge on any atom is 0.242 e. The average molecular weight is 633 g/mol. The number of unbranched alkanes of at least 4 members (excludes halogenated alkanes) is 2. The zero-order chi connectivity index (χ0) is 31.3. The molecule has 0 spiro atoms. The molecule has 0 aliphatic rings. The highest BCUT2D eigenvalue weighted by Crippen LogP contribution is 2.25. The van der Waals surface area contributed by atoms with Crippen LogP contribution in [0.1, 0.15) is 33.1 Å². The van der Waals surface area contributed by atoms with Crippen molar-refractivity contribution in [3.8, 4) is 33.9 Å². The van der Waals surface area contributed by atoms with E-state index in [-0.39, 0.29) is 10.8 Å². The fourth-order valence-electron chi connectivity index (χ4n) is 4.45. The molecule has 2 heterocycles. The van der Waals surface area contributed by atoms with Crippen LogP contribution in [-0.2, 0) is 25.8 Å². The Morgan fingerprint density at radius 2 is 1.41 bits per heavy atom. The average Bonchev–Trinajstić information content (AvgIpc) is 3.72. The highest BCUT2D eigenvalue weighted by molar-refractivity contribution is 7.89. The van der Waals surface area contributed by atoms with Crippen LogP contribution in [0.3, 0.4) is 0 Å². The third-order valence-electron chi connectivity index (χ3n) is 6.88. The first-order valence-corrected chi connectivity index (χ1v) is 16.6. The number of hydrogen-bond acceptors (Lipinski definition) is 8. The Morgan fingerprint density at radius 1 is 0.864 bits per heavy atom. The van der Waals surface area contributed by atoms with E-state index in [0.717, 1.165) is 30.4 Å². The Labute approximate surface area is 258 Å². The van der Waals surface area contributed by atoms with Gasteiger partial charge in [-0.05, 0) is 61.0 Å². The lowest BCUT2D eigenvalue weighted by Crippen LogP contribution is -2.28. The number of nitrogens with one attached hydrogen (secondary N) is 1. The summed E-state index contributed by atoms with van der Waals surface area (Å²) in [6.07, 6.45) is 6.40. The van der Waals surface area contributed by atoms with E-state index >= 15 is 0 Å². The Hall–Kier alpha value is -4.53. The monoisotopic (exact) mass is 632 g/mol. The number of hydrogen-bond donors (Lipinski definition) is 1. The van der Waals surface area contributed by atoms with Crippen molar-refractivity contribution in [2.45, 2.75) is 42.9 Å². The van der Waals surface area contributed by atoms with Crippen LogP contribution >= 0.6 is 0 Å². The third-order valence-corrected chi connectivity index (χ3v) is 9.92. The normalized spacial score (nSPS) is 12.4. The van der Waals surface area contributed by atoms with E-state index in [1.54, 1.807) is 77.3 Å². The van der Waals surface area contributed by atoms with E-state index in [1.807, 2.05) is 24.3 Å². The summed E-state index contributed by atoms with van der Waals surface area (Å²) in [6, 6.07) is 21.1. The zero-order valence-corrected chi connectivity index (χ0v) is 26.1. The van der Waals surface area contributed by atoms with Crippen LogP contribution < -0.4 is 4.72 Å². The number of carbonyl (C=O) groups is 1. The summed E-state index contributed by atoms with van der Waals surface area (Å²) in [6.45, 7) is 3.88. The van der Waals surface area contributed by atoms with Crippen LogP contribution in [0.2, 0.25) is 0 Å². The van der Waals surface area contributed by atoms with Crippen molar-refractivity contribution in [3.05, 3.63) is 85.2 Å². The first-order chi connectivity index (χ1) is 21.2. The van der Waals surface area contributed by atoms with E-state index in [9.17, 15) is 17.4 Å². The van der Waals surface area contributed by atoms with E-state index < -0.39 is 21.0 Å². The lowest BCUT2D eigenvalue weighted by atomic mass is 10.1. The van der Waals surface area contributed by atoms with Crippen molar-refractivity contribution in [2.75, 3.05) is 13.6 Å². The maximum atomic E-state index is 12.9. The van der Waals surface area contributed by atoms with E-state index in [4.69, 9.17) is 0 Å². The molecule has 44 heavy (non-hydrogen) atoms. The minimum Gasteiger partial charge on any atom is -0.274 e. The molecule has 2 aromatic heterocycles. The quantitative estimate of drug-likeness (QED) is 0.202. The summed E-state index contributed by atoms with van der Waals surface area (Å²) in [7, 11) is -3.58. The van der Waals surface area contributed by atoms with Gasteiger partial charge in [-0.15, -0.1) is 10.2 Å². The number of carbonyl (C=O) groups excluding carboxylic acids is 1. The lowest BCUT2D eigenvalue weighted by Gasteiger charge is -2.17. The maximum absolute atomic E-state index is 12.9. The molecule has 3 aromatic carbocycles. The zero-order valence-electron chi connectivity index (χ0n) is 24.5. The summed E-state index contributed by atoms with van der Waals surface area (Å²) >= 11 is 0. The molecule has 1 unspecified atom stereocenters. The summed E-state index contributed by atoms with van der Waals surface area (Å²) in [5.74, 6) is -0.374. The van der Waals surface area contributed by atoms with Crippen LogP contribution in [0.5, 0.6) is 0 Å². The van der Waals surface area contributed by atoms with Crippen LogP contribution in [0.15, 0.2) is 95.0 Å². The molecule has 0 saturated carbocycles. The van der Waals surface area contributed by atoms with Gasteiger partial charge in [0.1, 0.15) is 11.4 Å². The molecule has 1 N–H and O–H groups in total. The molecule has 5 aromatic rings. The molecule has 0 aliphatic carbocycles. The molecule has 0 radical (unpaired) electrons. The Balaban J connectivity index is 1.30. The predicted octanol–water partition coefficient (Wildman–Crippen LogP) is 4.15. The number of rotatable bonds is 12. The predicted molar refractivity (Wildman–Crippen MR) is 167 cm³/mol. The molecular weight excluding hydrogens is 601 g/mol. The van der Waals surface area contributed by atoms with Crippen molar-refractivity contribution < 1.29 is 17.4 Å². The standard InChI is InChI=1S/C30H32N8O4S2/c1-4-5-6-18-36(3)44(41,42)28-16-12-26(13-17-28)38-21-30(32-35-38)24-9-7-8-23(19-24)29-20-37(34-31-29)25-10-14-27(15-11-25)43(40)33-22(2)39/h7-17,19-21H,4-6,18H2,1-3H3,(H,33,39).